The van der Waals surface area contributed by atoms with Crippen LogP contribution in [-0.4, -0.2) is 24.9 Å². The van der Waals surface area contributed by atoms with Crippen molar-refractivity contribution in [3.63, 3.8) is 0 Å². The number of Topliss-reactive ketones (excluding diaryl/α,β-unsaturated/α-hetero) is 1. The second kappa shape index (κ2) is 6.75. The largest absolute Gasteiger partial charge is 0.294 e. The van der Waals surface area contributed by atoms with E-state index in [0.29, 0.717) is 21.5 Å². The molecule has 3 heterocycles. The Balaban J connectivity index is 1.71. The molecule has 3 aromatic heterocycles. The molecule has 0 N–H and O–H groups in total. The minimum absolute atomic E-state index is 0.0869. The fourth-order valence-electron chi connectivity index (χ4n) is 3.15. The Labute approximate surface area is 163 Å². The Morgan fingerprint density at radius 1 is 1.22 bits per heavy atom. The van der Waals surface area contributed by atoms with E-state index in [2.05, 4.69) is 9.97 Å². The van der Waals surface area contributed by atoms with Gasteiger partial charge in [0.05, 0.1) is 23.8 Å². The van der Waals surface area contributed by atoms with Gasteiger partial charge in [-0.05, 0) is 38.1 Å². The lowest BCUT2D eigenvalue weighted by atomic mass is 10.1. The van der Waals surface area contributed by atoms with E-state index in [0.717, 1.165) is 16.5 Å². The summed E-state index contributed by atoms with van der Waals surface area (Å²) in [6.07, 6.45) is 3.13. The summed E-state index contributed by atoms with van der Waals surface area (Å²) in [6.45, 7) is 3.72. The monoisotopic (exact) mass is 398 g/mol. The lowest BCUT2D eigenvalue weighted by Crippen LogP contribution is -2.25. The summed E-state index contributed by atoms with van der Waals surface area (Å²) < 4.78 is 3.26. The molecule has 0 radical (unpaired) electrons. The van der Waals surface area contributed by atoms with Crippen molar-refractivity contribution in [2.24, 2.45) is 0 Å². The predicted octanol–water partition coefficient (Wildman–Crippen LogP) is 3.80. The summed E-state index contributed by atoms with van der Waals surface area (Å²) >= 11 is 7.49. The minimum Gasteiger partial charge on any atom is -0.294 e. The molecule has 0 amide bonds. The highest BCUT2D eigenvalue weighted by Crippen LogP contribution is 2.23. The average Bonchev–Trinajstić information content (AvgIpc) is 3.25. The normalized spacial score (nSPS) is 11.2. The summed E-state index contributed by atoms with van der Waals surface area (Å²) in [5.74, 6) is -0.156. The third-order valence-electron chi connectivity index (χ3n) is 4.44. The van der Waals surface area contributed by atoms with Crippen LogP contribution in [0.1, 0.15) is 21.7 Å². The molecule has 6 nitrogen and oxygen atoms in total. The Morgan fingerprint density at radius 2 is 2.04 bits per heavy atom. The van der Waals surface area contributed by atoms with Gasteiger partial charge in [0.1, 0.15) is 0 Å². The third kappa shape index (κ3) is 3.09. The molecule has 4 rings (SSSR count). The molecule has 0 aliphatic rings. The SMILES string of the molecule is Cc1cc(C(=O)Cn2cnc3ccc(Cl)cc3c2=O)c(C)n1-c1nccs1. The van der Waals surface area contributed by atoms with Gasteiger partial charge < -0.3 is 0 Å². The van der Waals surface area contributed by atoms with E-state index in [9.17, 15) is 9.59 Å². The van der Waals surface area contributed by atoms with Crippen LogP contribution in [0.3, 0.4) is 0 Å². The molecule has 0 saturated heterocycles. The summed E-state index contributed by atoms with van der Waals surface area (Å²) in [5, 5.41) is 3.55. The first kappa shape index (κ1) is 17.6. The molecule has 0 saturated carbocycles. The maximum Gasteiger partial charge on any atom is 0.261 e. The molecular weight excluding hydrogens is 384 g/mol. The van der Waals surface area contributed by atoms with Gasteiger partial charge in [-0.15, -0.1) is 11.3 Å². The molecule has 0 atom stereocenters. The van der Waals surface area contributed by atoms with E-state index in [-0.39, 0.29) is 17.9 Å². The Bertz CT molecular complexity index is 1220. The fraction of sp³-hybridized carbons (Fsp3) is 0.158. The number of fused-ring (bicyclic) bond motifs is 1. The van der Waals surface area contributed by atoms with Crippen LogP contribution in [0.5, 0.6) is 0 Å². The van der Waals surface area contributed by atoms with Crippen molar-refractivity contribution in [2.75, 3.05) is 0 Å². The second-order valence-electron chi connectivity index (χ2n) is 6.20. The summed E-state index contributed by atoms with van der Waals surface area (Å²) in [5.41, 5.74) is 2.55. The number of thiazole rings is 1. The molecule has 8 heteroatoms. The molecule has 0 bridgehead atoms. The smallest absolute Gasteiger partial charge is 0.261 e. The van der Waals surface area contributed by atoms with Crippen molar-refractivity contribution >= 4 is 39.6 Å². The molecule has 1 aromatic carbocycles. The van der Waals surface area contributed by atoms with E-state index in [1.165, 1.54) is 22.2 Å². The van der Waals surface area contributed by atoms with Gasteiger partial charge in [-0.1, -0.05) is 11.6 Å². The maximum atomic E-state index is 12.9. The van der Waals surface area contributed by atoms with Gasteiger partial charge in [0.15, 0.2) is 10.9 Å². The van der Waals surface area contributed by atoms with Crippen LogP contribution in [0.4, 0.5) is 0 Å². The number of nitrogens with zero attached hydrogens (tertiary/aromatic N) is 4. The van der Waals surface area contributed by atoms with Crippen molar-refractivity contribution < 1.29 is 4.79 Å². The van der Waals surface area contributed by atoms with E-state index in [1.54, 1.807) is 24.4 Å². The van der Waals surface area contributed by atoms with E-state index in [4.69, 9.17) is 11.6 Å². The highest BCUT2D eigenvalue weighted by atomic mass is 35.5. The van der Waals surface area contributed by atoms with Gasteiger partial charge >= 0.3 is 0 Å². The molecule has 4 aromatic rings. The van der Waals surface area contributed by atoms with Crippen molar-refractivity contribution in [3.05, 3.63) is 74.5 Å². The van der Waals surface area contributed by atoms with Crippen LogP contribution < -0.4 is 5.56 Å². The van der Waals surface area contributed by atoms with Gasteiger partial charge in [0.25, 0.3) is 5.56 Å². The zero-order chi connectivity index (χ0) is 19.1. The number of carbonyl (C=O) groups is 1. The number of rotatable bonds is 4. The lowest BCUT2D eigenvalue weighted by Gasteiger charge is -2.07. The lowest BCUT2D eigenvalue weighted by molar-refractivity contribution is 0.0970. The van der Waals surface area contributed by atoms with Crippen LogP contribution in [0.2, 0.25) is 5.02 Å². The first-order chi connectivity index (χ1) is 13.0. The Kier molecular flexibility index (Phi) is 4.41. The summed E-state index contributed by atoms with van der Waals surface area (Å²) in [4.78, 5) is 34.1. The highest BCUT2D eigenvalue weighted by Gasteiger charge is 2.19. The molecule has 0 unspecified atom stereocenters. The van der Waals surface area contributed by atoms with Gasteiger partial charge in [-0.2, -0.15) is 0 Å². The average molecular weight is 399 g/mol. The number of hydrogen-bond acceptors (Lipinski definition) is 5. The number of aryl methyl sites for hydroxylation is 1. The van der Waals surface area contributed by atoms with Crippen molar-refractivity contribution in [1.82, 2.24) is 19.1 Å². The van der Waals surface area contributed by atoms with Gasteiger partial charge in [0, 0.05) is 33.6 Å². The fourth-order valence-corrected chi connectivity index (χ4v) is 4.07. The number of ketones is 1. The van der Waals surface area contributed by atoms with Crippen molar-refractivity contribution in [3.8, 4) is 5.13 Å². The third-order valence-corrected chi connectivity index (χ3v) is 5.43. The van der Waals surface area contributed by atoms with E-state index in [1.807, 2.05) is 29.9 Å². The molecule has 136 valence electrons. The van der Waals surface area contributed by atoms with Gasteiger partial charge in [0.2, 0.25) is 0 Å². The first-order valence-corrected chi connectivity index (χ1v) is 9.48. The van der Waals surface area contributed by atoms with Gasteiger partial charge in [-0.25, -0.2) is 9.97 Å². The Morgan fingerprint density at radius 3 is 2.78 bits per heavy atom. The van der Waals surface area contributed by atoms with Crippen LogP contribution >= 0.6 is 22.9 Å². The molecule has 0 aliphatic heterocycles. The molecular formula is C19H15ClN4O2S. The predicted molar refractivity (Wildman–Crippen MR) is 106 cm³/mol. The van der Waals surface area contributed by atoms with E-state index >= 15 is 0 Å². The number of aromatic nitrogens is 4. The molecule has 0 spiro atoms. The van der Waals surface area contributed by atoms with Crippen molar-refractivity contribution in [2.45, 2.75) is 20.4 Å². The molecule has 27 heavy (non-hydrogen) atoms. The number of carbonyl (C=O) groups excluding carboxylic acids is 1. The summed E-state index contributed by atoms with van der Waals surface area (Å²) in [7, 11) is 0. The first-order valence-electron chi connectivity index (χ1n) is 8.22. The zero-order valence-electron chi connectivity index (χ0n) is 14.6. The Hall–Kier alpha value is -2.77. The standard InChI is InChI=1S/C19H15ClN4O2S/c1-11-7-14(12(2)24(11)19-21-5-6-27-19)17(25)9-23-10-22-16-4-3-13(20)8-15(16)18(23)26/h3-8,10H,9H2,1-2H3. The topological polar surface area (TPSA) is 69.8 Å². The van der Waals surface area contributed by atoms with E-state index < -0.39 is 0 Å². The van der Waals surface area contributed by atoms with Crippen LogP contribution in [0.25, 0.3) is 16.0 Å². The quantitative estimate of drug-likeness (QED) is 0.490. The van der Waals surface area contributed by atoms with Crippen molar-refractivity contribution in [1.29, 1.82) is 0 Å². The molecule has 0 aliphatic carbocycles. The zero-order valence-corrected chi connectivity index (χ0v) is 16.2. The number of benzene rings is 1. The van der Waals surface area contributed by atoms with Gasteiger partial charge in [-0.3, -0.25) is 18.7 Å². The maximum absolute atomic E-state index is 12.9. The molecule has 0 fully saturated rings. The summed E-state index contributed by atoms with van der Waals surface area (Å²) in [6, 6.07) is 6.77. The van der Waals surface area contributed by atoms with Crippen LogP contribution in [0, 0.1) is 13.8 Å². The minimum atomic E-state index is -0.287. The second-order valence-corrected chi connectivity index (χ2v) is 7.51. The number of halogens is 1. The van der Waals surface area contributed by atoms with Crippen LogP contribution in [-0.2, 0) is 6.54 Å². The van der Waals surface area contributed by atoms with Crippen LogP contribution in [0.15, 0.2) is 47.0 Å². The highest BCUT2D eigenvalue weighted by molar-refractivity contribution is 7.12. The number of hydrogen-bond donors (Lipinski definition) is 0.